The number of thiazole rings is 1. The molecule has 2 aromatic heterocycles. The molecule has 4 nitrogen and oxygen atoms in total. The number of hydrogen-bond donors (Lipinski definition) is 1. The molecule has 1 fully saturated rings. The predicted molar refractivity (Wildman–Crippen MR) is 118 cm³/mol. The van der Waals surface area contributed by atoms with Crippen LogP contribution in [0.1, 0.15) is 21.2 Å². The van der Waals surface area contributed by atoms with Crippen molar-refractivity contribution in [2.45, 2.75) is 5.92 Å². The number of carbonyl (C=O) groups is 1. The smallest absolute Gasteiger partial charge is 0.265 e. The number of aromatic nitrogens is 1. The van der Waals surface area contributed by atoms with E-state index in [2.05, 4.69) is 22.5 Å². The molecule has 0 aliphatic carbocycles. The highest BCUT2D eigenvalue weighted by molar-refractivity contribution is 7.17. The summed E-state index contributed by atoms with van der Waals surface area (Å²) in [4.78, 5) is 20.0. The summed E-state index contributed by atoms with van der Waals surface area (Å²) in [6.45, 7) is 2.02. The molecule has 1 amide bonds. The fourth-order valence-electron chi connectivity index (χ4n) is 3.40. The van der Waals surface area contributed by atoms with Crippen LogP contribution in [0.2, 0.25) is 0 Å². The lowest BCUT2D eigenvalue weighted by Gasteiger charge is -2.16. The molecule has 1 aromatic carbocycles. The number of halogens is 2. The van der Waals surface area contributed by atoms with Gasteiger partial charge >= 0.3 is 0 Å². The summed E-state index contributed by atoms with van der Waals surface area (Å²) in [6.07, 6.45) is 1.70. The number of likely N-dealkylation sites (tertiary alicyclic amines) is 1. The van der Waals surface area contributed by atoms with Gasteiger partial charge in [-0.05, 0) is 29.5 Å². The van der Waals surface area contributed by atoms with Gasteiger partial charge in [0.15, 0.2) is 0 Å². The van der Waals surface area contributed by atoms with Crippen molar-refractivity contribution in [2.24, 2.45) is 11.7 Å². The standard InChI is InChI=1S/C19H19N3OS2.2ClH/c20-8-15-10-22(11-16(15)13-4-2-1-3-5-13)19(23)17-9-21-18(25-17)14-6-7-24-12-14;;/h1-7,9,12,15-16H,8,10-11,20H2;2*1H/t15-,16+;;/m1../s1. The number of nitrogens with two attached hydrogens (primary N) is 1. The predicted octanol–water partition coefficient (Wildman–Crippen LogP) is 4.53. The molecule has 1 aliphatic rings. The Bertz CT molecular complexity index is 855. The van der Waals surface area contributed by atoms with Crippen LogP contribution in [0.4, 0.5) is 0 Å². The molecule has 27 heavy (non-hydrogen) atoms. The topological polar surface area (TPSA) is 59.2 Å². The second-order valence-electron chi connectivity index (χ2n) is 6.26. The fraction of sp³-hybridized carbons (Fsp3) is 0.263. The molecule has 144 valence electrons. The van der Waals surface area contributed by atoms with Gasteiger partial charge in [0, 0.05) is 30.0 Å². The van der Waals surface area contributed by atoms with E-state index in [0.29, 0.717) is 29.8 Å². The number of amides is 1. The third-order valence-corrected chi connectivity index (χ3v) is 6.46. The summed E-state index contributed by atoms with van der Waals surface area (Å²) < 4.78 is 0. The summed E-state index contributed by atoms with van der Waals surface area (Å²) >= 11 is 3.10. The Morgan fingerprint density at radius 1 is 1.19 bits per heavy atom. The van der Waals surface area contributed by atoms with E-state index in [0.717, 1.165) is 17.1 Å². The van der Waals surface area contributed by atoms with Gasteiger partial charge in [-0.2, -0.15) is 11.3 Å². The lowest BCUT2D eigenvalue weighted by atomic mass is 9.89. The molecule has 0 unspecified atom stereocenters. The fourth-order valence-corrected chi connectivity index (χ4v) is 5.00. The van der Waals surface area contributed by atoms with E-state index in [1.54, 1.807) is 17.5 Å². The van der Waals surface area contributed by atoms with Gasteiger partial charge in [-0.25, -0.2) is 4.98 Å². The van der Waals surface area contributed by atoms with Crippen LogP contribution >= 0.6 is 47.5 Å². The maximum Gasteiger partial charge on any atom is 0.265 e. The van der Waals surface area contributed by atoms with Gasteiger partial charge in [-0.3, -0.25) is 4.79 Å². The molecule has 0 saturated carbocycles. The van der Waals surface area contributed by atoms with Crippen molar-refractivity contribution in [3.05, 3.63) is 63.8 Å². The Hall–Kier alpha value is -1.44. The minimum Gasteiger partial charge on any atom is -0.337 e. The molecular formula is C19H21Cl2N3OS2. The van der Waals surface area contributed by atoms with Gasteiger partial charge in [-0.15, -0.1) is 36.2 Å². The summed E-state index contributed by atoms with van der Waals surface area (Å²) in [5.41, 5.74) is 8.33. The van der Waals surface area contributed by atoms with Crippen molar-refractivity contribution < 1.29 is 4.79 Å². The molecule has 4 rings (SSSR count). The Morgan fingerprint density at radius 2 is 1.96 bits per heavy atom. The van der Waals surface area contributed by atoms with Crippen LogP contribution in [0.5, 0.6) is 0 Å². The van der Waals surface area contributed by atoms with Gasteiger partial charge in [0.2, 0.25) is 0 Å². The molecule has 1 aliphatic heterocycles. The molecule has 3 heterocycles. The van der Waals surface area contributed by atoms with Crippen molar-refractivity contribution in [1.29, 1.82) is 0 Å². The third kappa shape index (κ3) is 4.52. The lowest BCUT2D eigenvalue weighted by Crippen LogP contribution is -2.29. The summed E-state index contributed by atoms with van der Waals surface area (Å²) in [6, 6.07) is 12.4. The molecule has 0 spiro atoms. The van der Waals surface area contributed by atoms with Crippen LogP contribution in [0, 0.1) is 5.92 Å². The maximum absolute atomic E-state index is 12.9. The minimum atomic E-state index is 0. The van der Waals surface area contributed by atoms with Crippen LogP contribution < -0.4 is 5.73 Å². The van der Waals surface area contributed by atoms with Crippen molar-refractivity contribution in [2.75, 3.05) is 19.6 Å². The number of rotatable bonds is 4. The number of hydrogen-bond acceptors (Lipinski definition) is 5. The second kappa shape index (κ2) is 9.66. The number of carbonyl (C=O) groups excluding carboxylic acids is 1. The van der Waals surface area contributed by atoms with Gasteiger partial charge in [0.25, 0.3) is 5.91 Å². The number of thiophene rings is 1. The average Bonchev–Trinajstić information content (AvgIpc) is 3.41. The lowest BCUT2D eigenvalue weighted by molar-refractivity contribution is 0.0791. The van der Waals surface area contributed by atoms with E-state index in [9.17, 15) is 4.79 Å². The van der Waals surface area contributed by atoms with Crippen LogP contribution in [0.25, 0.3) is 10.6 Å². The summed E-state index contributed by atoms with van der Waals surface area (Å²) in [5, 5.41) is 4.98. The van der Waals surface area contributed by atoms with E-state index in [-0.39, 0.29) is 30.7 Å². The van der Waals surface area contributed by atoms with Crippen LogP contribution in [-0.4, -0.2) is 35.4 Å². The first-order valence-electron chi connectivity index (χ1n) is 8.29. The van der Waals surface area contributed by atoms with Crippen LogP contribution in [0.3, 0.4) is 0 Å². The number of nitrogens with zero attached hydrogens (tertiary/aromatic N) is 2. The number of benzene rings is 1. The Balaban J connectivity index is 0.00000131. The zero-order valence-electron chi connectivity index (χ0n) is 14.5. The minimum absolute atomic E-state index is 0. The largest absolute Gasteiger partial charge is 0.337 e. The van der Waals surface area contributed by atoms with Crippen LogP contribution in [-0.2, 0) is 0 Å². The third-order valence-electron chi connectivity index (χ3n) is 4.74. The molecule has 3 aromatic rings. The normalized spacial score (nSPS) is 18.6. The highest BCUT2D eigenvalue weighted by Gasteiger charge is 2.36. The Morgan fingerprint density at radius 3 is 2.63 bits per heavy atom. The molecule has 0 bridgehead atoms. The van der Waals surface area contributed by atoms with Gasteiger partial charge in [0.1, 0.15) is 9.88 Å². The first-order valence-corrected chi connectivity index (χ1v) is 10.0. The van der Waals surface area contributed by atoms with Gasteiger partial charge in [-0.1, -0.05) is 30.3 Å². The SMILES string of the molecule is Cl.Cl.NC[C@@H]1CN(C(=O)c2cnc(-c3ccsc3)s2)C[C@H]1c1ccccc1. The molecule has 0 radical (unpaired) electrons. The van der Waals surface area contributed by atoms with E-state index in [1.165, 1.54) is 16.9 Å². The average molecular weight is 442 g/mol. The van der Waals surface area contributed by atoms with E-state index in [1.807, 2.05) is 34.5 Å². The van der Waals surface area contributed by atoms with Gasteiger partial charge < -0.3 is 10.6 Å². The quantitative estimate of drug-likeness (QED) is 0.646. The van der Waals surface area contributed by atoms with Crippen molar-refractivity contribution in [3.63, 3.8) is 0 Å². The highest BCUT2D eigenvalue weighted by Crippen LogP contribution is 2.34. The second-order valence-corrected chi connectivity index (χ2v) is 8.08. The van der Waals surface area contributed by atoms with Gasteiger partial charge in [0.05, 0.1) is 6.20 Å². The Labute approximate surface area is 179 Å². The zero-order chi connectivity index (χ0) is 17.2. The zero-order valence-corrected chi connectivity index (χ0v) is 17.8. The molecule has 8 heteroatoms. The van der Waals surface area contributed by atoms with Crippen molar-refractivity contribution in [3.8, 4) is 10.6 Å². The molecule has 2 N–H and O–H groups in total. The summed E-state index contributed by atoms with van der Waals surface area (Å²) in [7, 11) is 0. The first kappa shape index (κ1) is 21.9. The first-order chi connectivity index (χ1) is 12.3. The molecule has 2 atom stereocenters. The van der Waals surface area contributed by atoms with E-state index in [4.69, 9.17) is 5.73 Å². The van der Waals surface area contributed by atoms with Crippen LogP contribution in [0.15, 0.2) is 53.4 Å². The van der Waals surface area contributed by atoms with E-state index >= 15 is 0 Å². The molecular weight excluding hydrogens is 421 g/mol. The monoisotopic (exact) mass is 441 g/mol. The van der Waals surface area contributed by atoms with Crippen molar-refractivity contribution >= 4 is 53.4 Å². The molecule has 1 saturated heterocycles. The highest BCUT2D eigenvalue weighted by atomic mass is 35.5. The maximum atomic E-state index is 12.9. The summed E-state index contributed by atoms with van der Waals surface area (Å²) in [5.74, 6) is 0.672. The van der Waals surface area contributed by atoms with E-state index < -0.39 is 0 Å². The Kier molecular flexibility index (Phi) is 7.82. The van der Waals surface area contributed by atoms with Crippen molar-refractivity contribution in [1.82, 2.24) is 9.88 Å².